The summed E-state index contributed by atoms with van der Waals surface area (Å²) in [5.41, 5.74) is 1.09. The van der Waals surface area contributed by atoms with Crippen LogP contribution in [0.1, 0.15) is 37.6 Å². The van der Waals surface area contributed by atoms with Gasteiger partial charge < -0.3 is 10.1 Å². The molecule has 1 aromatic carbocycles. The van der Waals surface area contributed by atoms with Crippen molar-refractivity contribution in [3.63, 3.8) is 0 Å². The SMILES string of the molecule is CCC(C)c1nc2ccc(OC3CCNC3)cc2s1. The van der Waals surface area contributed by atoms with E-state index in [9.17, 15) is 0 Å². The fourth-order valence-electron chi connectivity index (χ4n) is 2.30. The van der Waals surface area contributed by atoms with Gasteiger partial charge in [-0.3, -0.25) is 0 Å². The van der Waals surface area contributed by atoms with Crippen LogP contribution in [0.2, 0.25) is 0 Å². The molecule has 1 saturated heterocycles. The van der Waals surface area contributed by atoms with Crippen LogP contribution in [0.4, 0.5) is 0 Å². The van der Waals surface area contributed by atoms with Crippen LogP contribution in [0.15, 0.2) is 18.2 Å². The van der Waals surface area contributed by atoms with Gasteiger partial charge in [0.15, 0.2) is 0 Å². The van der Waals surface area contributed by atoms with Gasteiger partial charge in [-0.1, -0.05) is 13.8 Å². The van der Waals surface area contributed by atoms with Gasteiger partial charge in [0.25, 0.3) is 0 Å². The summed E-state index contributed by atoms with van der Waals surface area (Å²) in [7, 11) is 0. The second-order valence-electron chi connectivity index (χ2n) is 5.22. The average Bonchev–Trinajstić information content (AvgIpc) is 3.06. The minimum atomic E-state index is 0.319. The molecule has 2 atom stereocenters. The maximum absolute atomic E-state index is 6.00. The molecule has 1 aromatic heterocycles. The molecular formula is C15H20N2OS. The molecule has 102 valence electrons. The fourth-order valence-corrected chi connectivity index (χ4v) is 3.43. The van der Waals surface area contributed by atoms with Gasteiger partial charge in [-0.2, -0.15) is 0 Å². The average molecular weight is 276 g/mol. The van der Waals surface area contributed by atoms with Crippen molar-refractivity contribution in [2.75, 3.05) is 13.1 Å². The molecule has 0 aliphatic carbocycles. The minimum absolute atomic E-state index is 0.319. The summed E-state index contributed by atoms with van der Waals surface area (Å²) >= 11 is 1.80. The largest absolute Gasteiger partial charge is 0.489 e. The molecule has 1 aliphatic heterocycles. The van der Waals surface area contributed by atoms with Crippen LogP contribution in [0.5, 0.6) is 5.75 Å². The lowest BCUT2D eigenvalue weighted by Gasteiger charge is -2.11. The van der Waals surface area contributed by atoms with E-state index in [1.54, 1.807) is 11.3 Å². The molecule has 0 bridgehead atoms. The first-order valence-electron chi connectivity index (χ1n) is 7.04. The molecule has 0 saturated carbocycles. The maximum Gasteiger partial charge on any atom is 0.121 e. The van der Waals surface area contributed by atoms with Crippen molar-refractivity contribution in [1.29, 1.82) is 0 Å². The number of benzene rings is 1. The summed E-state index contributed by atoms with van der Waals surface area (Å²) in [5.74, 6) is 1.52. The van der Waals surface area contributed by atoms with E-state index in [2.05, 4.69) is 31.3 Å². The lowest BCUT2D eigenvalue weighted by atomic mass is 10.1. The predicted octanol–water partition coefficient (Wildman–Crippen LogP) is 3.55. The highest BCUT2D eigenvalue weighted by atomic mass is 32.1. The smallest absolute Gasteiger partial charge is 0.121 e. The number of rotatable bonds is 4. The Hall–Kier alpha value is -1.13. The van der Waals surface area contributed by atoms with Gasteiger partial charge >= 0.3 is 0 Å². The van der Waals surface area contributed by atoms with Gasteiger partial charge in [0.1, 0.15) is 11.9 Å². The molecule has 3 rings (SSSR count). The second kappa shape index (κ2) is 5.47. The van der Waals surface area contributed by atoms with E-state index in [-0.39, 0.29) is 0 Å². The van der Waals surface area contributed by atoms with E-state index < -0.39 is 0 Å². The number of nitrogens with one attached hydrogen (secondary N) is 1. The standard InChI is InChI=1S/C15H20N2OS/c1-3-10(2)15-17-13-5-4-11(8-14(13)19-15)18-12-6-7-16-9-12/h4-5,8,10,12,16H,3,6-7,9H2,1-2H3. The normalized spacial score (nSPS) is 20.8. The molecule has 1 N–H and O–H groups in total. The summed E-state index contributed by atoms with van der Waals surface area (Å²) < 4.78 is 7.23. The van der Waals surface area contributed by atoms with Crippen molar-refractivity contribution in [3.05, 3.63) is 23.2 Å². The Kier molecular flexibility index (Phi) is 3.71. The molecule has 1 aliphatic rings. The third-order valence-electron chi connectivity index (χ3n) is 3.73. The Bertz CT molecular complexity index is 560. The quantitative estimate of drug-likeness (QED) is 0.927. The first kappa shape index (κ1) is 12.9. The van der Waals surface area contributed by atoms with Crippen LogP contribution in [0.3, 0.4) is 0 Å². The summed E-state index contributed by atoms with van der Waals surface area (Å²) in [4.78, 5) is 4.71. The fraction of sp³-hybridized carbons (Fsp3) is 0.533. The molecule has 0 radical (unpaired) electrons. The number of hydrogen-bond donors (Lipinski definition) is 1. The molecular weight excluding hydrogens is 256 g/mol. The minimum Gasteiger partial charge on any atom is -0.489 e. The topological polar surface area (TPSA) is 34.1 Å². The highest BCUT2D eigenvalue weighted by Crippen LogP contribution is 2.31. The number of hydrogen-bond acceptors (Lipinski definition) is 4. The molecule has 2 unspecified atom stereocenters. The van der Waals surface area contributed by atoms with Gasteiger partial charge in [-0.05, 0) is 37.6 Å². The lowest BCUT2D eigenvalue weighted by Crippen LogP contribution is -2.19. The van der Waals surface area contributed by atoms with Gasteiger partial charge in [-0.25, -0.2) is 4.98 Å². The number of aromatic nitrogens is 1. The maximum atomic E-state index is 6.00. The molecule has 19 heavy (non-hydrogen) atoms. The van der Waals surface area contributed by atoms with Gasteiger partial charge in [0, 0.05) is 12.5 Å². The Balaban J connectivity index is 1.83. The van der Waals surface area contributed by atoms with Crippen molar-refractivity contribution < 1.29 is 4.74 Å². The lowest BCUT2D eigenvalue weighted by molar-refractivity contribution is 0.223. The van der Waals surface area contributed by atoms with Crippen molar-refractivity contribution >= 4 is 21.6 Å². The third-order valence-corrected chi connectivity index (χ3v) is 4.98. The number of thiazole rings is 1. The summed E-state index contributed by atoms with van der Waals surface area (Å²) in [5, 5.41) is 4.56. The molecule has 2 aromatic rings. The van der Waals surface area contributed by atoms with Crippen molar-refractivity contribution in [3.8, 4) is 5.75 Å². The van der Waals surface area contributed by atoms with Crippen LogP contribution in [0, 0.1) is 0 Å². The van der Waals surface area contributed by atoms with E-state index in [0.717, 1.165) is 37.2 Å². The first-order chi connectivity index (χ1) is 9.26. The van der Waals surface area contributed by atoms with Crippen LogP contribution in [-0.4, -0.2) is 24.2 Å². The Morgan fingerprint density at radius 1 is 1.53 bits per heavy atom. The second-order valence-corrected chi connectivity index (χ2v) is 6.29. The molecule has 1 fully saturated rings. The Labute approximate surface area is 118 Å². The summed E-state index contributed by atoms with van der Waals surface area (Å²) in [6, 6.07) is 6.26. The number of ether oxygens (including phenoxy) is 1. The zero-order chi connectivity index (χ0) is 13.2. The monoisotopic (exact) mass is 276 g/mol. The van der Waals surface area contributed by atoms with Crippen LogP contribution in [0.25, 0.3) is 10.2 Å². The van der Waals surface area contributed by atoms with Crippen LogP contribution < -0.4 is 10.1 Å². The van der Waals surface area contributed by atoms with Gasteiger partial charge in [-0.15, -0.1) is 11.3 Å². The molecule has 0 spiro atoms. The zero-order valence-electron chi connectivity index (χ0n) is 11.5. The van der Waals surface area contributed by atoms with Crippen LogP contribution in [-0.2, 0) is 0 Å². The van der Waals surface area contributed by atoms with E-state index in [1.165, 1.54) is 9.71 Å². The third kappa shape index (κ3) is 2.74. The Morgan fingerprint density at radius 2 is 2.42 bits per heavy atom. The first-order valence-corrected chi connectivity index (χ1v) is 7.85. The molecule has 2 heterocycles. The van der Waals surface area contributed by atoms with Crippen molar-refractivity contribution in [2.45, 2.75) is 38.7 Å². The van der Waals surface area contributed by atoms with E-state index in [4.69, 9.17) is 9.72 Å². The predicted molar refractivity (Wildman–Crippen MR) is 80.2 cm³/mol. The molecule has 3 nitrogen and oxygen atoms in total. The summed E-state index contributed by atoms with van der Waals surface area (Å²) in [6.07, 6.45) is 2.55. The van der Waals surface area contributed by atoms with Crippen molar-refractivity contribution in [2.24, 2.45) is 0 Å². The van der Waals surface area contributed by atoms with Gasteiger partial charge in [0.2, 0.25) is 0 Å². The number of fused-ring (bicyclic) bond motifs is 1. The van der Waals surface area contributed by atoms with Crippen molar-refractivity contribution in [1.82, 2.24) is 10.3 Å². The van der Waals surface area contributed by atoms with Gasteiger partial charge in [0.05, 0.1) is 15.2 Å². The van der Waals surface area contributed by atoms with E-state index in [1.807, 2.05) is 6.07 Å². The zero-order valence-corrected chi connectivity index (χ0v) is 12.3. The van der Waals surface area contributed by atoms with E-state index >= 15 is 0 Å². The Morgan fingerprint density at radius 3 is 3.16 bits per heavy atom. The highest BCUT2D eigenvalue weighted by molar-refractivity contribution is 7.18. The van der Waals surface area contributed by atoms with E-state index in [0.29, 0.717) is 12.0 Å². The van der Waals surface area contributed by atoms with Crippen LogP contribution >= 0.6 is 11.3 Å². The molecule has 0 amide bonds. The molecule has 4 heteroatoms. The summed E-state index contributed by atoms with van der Waals surface area (Å²) in [6.45, 7) is 6.46. The highest BCUT2D eigenvalue weighted by Gasteiger charge is 2.16. The number of nitrogens with zero attached hydrogens (tertiary/aromatic N) is 1.